The predicted molar refractivity (Wildman–Crippen MR) is 79.1 cm³/mol. The van der Waals surface area contributed by atoms with Gasteiger partial charge in [0.2, 0.25) is 0 Å². The lowest BCUT2D eigenvalue weighted by Gasteiger charge is -2.28. The number of nitrogens with two attached hydrogens (primary N) is 1. The normalized spacial score (nSPS) is 12.2. The molecular formula is C15H16ClFN2. The molecule has 0 aliphatic rings. The number of nitrogens with zero attached hydrogens (tertiary/aromatic N) is 1. The third-order valence-electron chi connectivity index (χ3n) is 3.28. The van der Waals surface area contributed by atoms with Crippen LogP contribution in [0.15, 0.2) is 42.5 Å². The van der Waals surface area contributed by atoms with Crippen molar-refractivity contribution in [2.24, 2.45) is 0 Å². The Labute approximate surface area is 117 Å². The van der Waals surface area contributed by atoms with Crippen molar-refractivity contribution in [3.63, 3.8) is 0 Å². The van der Waals surface area contributed by atoms with Gasteiger partial charge >= 0.3 is 0 Å². The molecule has 2 aromatic rings. The molecule has 1 unspecified atom stereocenters. The van der Waals surface area contributed by atoms with Gasteiger partial charge in [0.25, 0.3) is 0 Å². The van der Waals surface area contributed by atoms with E-state index in [9.17, 15) is 4.39 Å². The third-order valence-corrected chi connectivity index (χ3v) is 3.52. The van der Waals surface area contributed by atoms with E-state index in [4.69, 9.17) is 17.3 Å². The molecule has 2 aromatic carbocycles. The Balaban J connectivity index is 2.33. The van der Waals surface area contributed by atoms with E-state index in [0.717, 1.165) is 5.56 Å². The van der Waals surface area contributed by atoms with Gasteiger partial charge in [-0.05, 0) is 42.8 Å². The highest BCUT2D eigenvalue weighted by Crippen LogP contribution is 2.31. The third kappa shape index (κ3) is 2.99. The summed E-state index contributed by atoms with van der Waals surface area (Å²) in [5.41, 5.74) is 8.18. The van der Waals surface area contributed by atoms with E-state index in [2.05, 4.69) is 0 Å². The summed E-state index contributed by atoms with van der Waals surface area (Å²) in [5, 5.41) is 0.685. The van der Waals surface area contributed by atoms with Crippen LogP contribution in [0.4, 0.5) is 15.8 Å². The highest BCUT2D eigenvalue weighted by atomic mass is 35.5. The molecule has 0 saturated heterocycles. The Bertz CT molecular complexity index is 586. The Kier molecular flexibility index (Phi) is 3.96. The van der Waals surface area contributed by atoms with E-state index >= 15 is 0 Å². The first-order valence-corrected chi connectivity index (χ1v) is 6.40. The minimum absolute atomic E-state index is 0.0443. The first kappa shape index (κ1) is 13.7. The molecule has 0 spiro atoms. The summed E-state index contributed by atoms with van der Waals surface area (Å²) in [4.78, 5) is 1.93. The molecule has 0 amide bonds. The molecule has 0 aliphatic heterocycles. The molecule has 2 N–H and O–H groups in total. The van der Waals surface area contributed by atoms with Crippen molar-refractivity contribution in [3.8, 4) is 0 Å². The van der Waals surface area contributed by atoms with Crippen LogP contribution in [0, 0.1) is 5.82 Å². The van der Waals surface area contributed by atoms with Gasteiger partial charge in [-0.2, -0.15) is 0 Å². The number of nitrogen functional groups attached to an aromatic ring is 1. The number of halogens is 2. The summed E-state index contributed by atoms with van der Waals surface area (Å²) in [7, 11) is 1.89. The van der Waals surface area contributed by atoms with Crippen LogP contribution in [0.1, 0.15) is 18.5 Å². The lowest BCUT2D eigenvalue weighted by atomic mass is 10.1. The Hall–Kier alpha value is -1.74. The van der Waals surface area contributed by atoms with E-state index < -0.39 is 0 Å². The molecule has 2 rings (SSSR count). The maximum Gasteiger partial charge on any atom is 0.125 e. The molecule has 4 heteroatoms. The van der Waals surface area contributed by atoms with Gasteiger partial charge in [0.1, 0.15) is 5.82 Å². The lowest BCUT2D eigenvalue weighted by molar-refractivity contribution is 0.625. The fourth-order valence-electron chi connectivity index (χ4n) is 2.02. The second-order valence-electron chi connectivity index (χ2n) is 4.55. The topological polar surface area (TPSA) is 29.3 Å². The summed E-state index contributed by atoms with van der Waals surface area (Å²) in [6.45, 7) is 2.02. The molecule has 0 aliphatic carbocycles. The van der Waals surface area contributed by atoms with Crippen molar-refractivity contribution in [1.82, 2.24) is 0 Å². The van der Waals surface area contributed by atoms with E-state index in [0.29, 0.717) is 16.4 Å². The van der Waals surface area contributed by atoms with Crippen LogP contribution < -0.4 is 10.6 Å². The largest absolute Gasteiger partial charge is 0.397 e. The van der Waals surface area contributed by atoms with Crippen LogP contribution >= 0.6 is 11.6 Å². The van der Waals surface area contributed by atoms with Gasteiger partial charge in [0.05, 0.1) is 17.4 Å². The molecule has 1 atom stereocenters. The SMILES string of the molecule is CC(c1cccc(Cl)c1)N(C)c1cc(F)ccc1N. The molecule has 0 fully saturated rings. The van der Waals surface area contributed by atoms with Crippen molar-refractivity contribution >= 4 is 23.0 Å². The lowest BCUT2D eigenvalue weighted by Crippen LogP contribution is -2.22. The zero-order valence-electron chi connectivity index (χ0n) is 10.9. The van der Waals surface area contributed by atoms with Crippen molar-refractivity contribution < 1.29 is 4.39 Å². The monoisotopic (exact) mass is 278 g/mol. The van der Waals surface area contributed by atoms with Crippen LogP contribution in [0.25, 0.3) is 0 Å². The molecule has 0 aromatic heterocycles. The first-order valence-electron chi connectivity index (χ1n) is 6.02. The summed E-state index contributed by atoms with van der Waals surface area (Å²) < 4.78 is 13.3. The van der Waals surface area contributed by atoms with Crippen LogP contribution in [-0.4, -0.2) is 7.05 Å². The predicted octanol–water partition coefficient (Wildman–Crippen LogP) is 4.26. The standard InChI is InChI=1S/C15H16ClFN2/c1-10(11-4-3-5-12(16)8-11)19(2)15-9-13(17)6-7-14(15)18/h3-10H,18H2,1-2H3. The summed E-state index contributed by atoms with van der Waals surface area (Å²) in [6, 6.07) is 12.0. The summed E-state index contributed by atoms with van der Waals surface area (Å²) in [5.74, 6) is -0.297. The smallest absolute Gasteiger partial charge is 0.125 e. The van der Waals surface area contributed by atoms with Crippen LogP contribution in [0.2, 0.25) is 5.02 Å². The second kappa shape index (κ2) is 5.49. The number of benzene rings is 2. The first-order chi connectivity index (χ1) is 8.99. The van der Waals surface area contributed by atoms with E-state index in [1.54, 1.807) is 6.07 Å². The molecule has 2 nitrogen and oxygen atoms in total. The zero-order valence-corrected chi connectivity index (χ0v) is 11.7. The van der Waals surface area contributed by atoms with E-state index in [-0.39, 0.29) is 11.9 Å². The average molecular weight is 279 g/mol. The quantitative estimate of drug-likeness (QED) is 0.850. The van der Waals surface area contributed by atoms with Gasteiger partial charge in [-0.3, -0.25) is 0 Å². The zero-order chi connectivity index (χ0) is 14.0. The van der Waals surface area contributed by atoms with Crippen LogP contribution in [-0.2, 0) is 0 Å². The maximum atomic E-state index is 13.3. The van der Waals surface area contributed by atoms with Crippen molar-refractivity contribution in [1.29, 1.82) is 0 Å². The van der Waals surface area contributed by atoms with Crippen molar-refractivity contribution in [3.05, 3.63) is 58.9 Å². The van der Waals surface area contributed by atoms with E-state index in [1.807, 2.05) is 43.1 Å². The minimum Gasteiger partial charge on any atom is -0.397 e. The molecular weight excluding hydrogens is 263 g/mol. The summed E-state index contributed by atoms with van der Waals surface area (Å²) >= 11 is 5.99. The minimum atomic E-state index is -0.297. The van der Waals surface area contributed by atoms with Gasteiger partial charge in [0, 0.05) is 12.1 Å². The molecule has 0 bridgehead atoms. The van der Waals surface area contributed by atoms with Gasteiger partial charge in [-0.15, -0.1) is 0 Å². The van der Waals surface area contributed by atoms with Gasteiger partial charge in [-0.1, -0.05) is 23.7 Å². The number of hydrogen-bond acceptors (Lipinski definition) is 2. The number of hydrogen-bond donors (Lipinski definition) is 1. The van der Waals surface area contributed by atoms with E-state index in [1.165, 1.54) is 12.1 Å². The Morgan fingerprint density at radius 2 is 1.95 bits per heavy atom. The van der Waals surface area contributed by atoms with Gasteiger partial charge in [0.15, 0.2) is 0 Å². The van der Waals surface area contributed by atoms with Gasteiger partial charge in [-0.25, -0.2) is 4.39 Å². The van der Waals surface area contributed by atoms with Gasteiger partial charge < -0.3 is 10.6 Å². The molecule has 0 saturated carbocycles. The number of anilines is 2. The highest BCUT2D eigenvalue weighted by Gasteiger charge is 2.15. The van der Waals surface area contributed by atoms with Crippen molar-refractivity contribution in [2.45, 2.75) is 13.0 Å². The molecule has 0 heterocycles. The molecule has 100 valence electrons. The van der Waals surface area contributed by atoms with Crippen LogP contribution in [0.3, 0.4) is 0 Å². The molecule has 0 radical (unpaired) electrons. The second-order valence-corrected chi connectivity index (χ2v) is 4.98. The fraction of sp³-hybridized carbons (Fsp3) is 0.200. The molecule has 19 heavy (non-hydrogen) atoms. The number of rotatable bonds is 3. The summed E-state index contributed by atoms with van der Waals surface area (Å²) in [6.07, 6.45) is 0. The fourth-order valence-corrected chi connectivity index (χ4v) is 2.22. The van der Waals surface area contributed by atoms with Crippen molar-refractivity contribution in [2.75, 3.05) is 17.7 Å². The average Bonchev–Trinajstić information content (AvgIpc) is 2.40. The Morgan fingerprint density at radius 3 is 2.63 bits per heavy atom. The maximum absolute atomic E-state index is 13.3. The highest BCUT2D eigenvalue weighted by molar-refractivity contribution is 6.30. The Morgan fingerprint density at radius 1 is 1.21 bits per heavy atom. The van der Waals surface area contributed by atoms with Crippen LogP contribution in [0.5, 0.6) is 0 Å².